The molecule has 5 nitrogen and oxygen atoms in total. The van der Waals surface area contributed by atoms with Gasteiger partial charge < -0.3 is 15.5 Å². The lowest BCUT2D eigenvalue weighted by atomic mass is 10.0. The van der Waals surface area contributed by atoms with Gasteiger partial charge in [0.25, 0.3) is 0 Å². The van der Waals surface area contributed by atoms with Crippen molar-refractivity contribution in [1.82, 2.24) is 9.88 Å². The lowest BCUT2D eigenvalue weighted by Gasteiger charge is -2.37. The lowest BCUT2D eigenvalue weighted by molar-refractivity contribution is 0.220. The van der Waals surface area contributed by atoms with E-state index in [1.54, 1.807) is 0 Å². The summed E-state index contributed by atoms with van der Waals surface area (Å²) in [5.74, 6) is 0.961. The van der Waals surface area contributed by atoms with E-state index >= 15 is 0 Å². The first-order chi connectivity index (χ1) is 9.93. The number of nitrogens with one attached hydrogen (secondary N) is 1. The average molecular weight is 289 g/mol. The van der Waals surface area contributed by atoms with Gasteiger partial charge in [0.2, 0.25) is 0 Å². The maximum absolute atomic E-state index is 7.86. The molecule has 0 aromatic carbocycles. The highest BCUT2D eigenvalue weighted by molar-refractivity contribution is 6.01. The van der Waals surface area contributed by atoms with Crippen LogP contribution >= 0.6 is 0 Å². The zero-order valence-corrected chi connectivity index (χ0v) is 13.6. The van der Waals surface area contributed by atoms with Gasteiger partial charge in [0.05, 0.1) is 5.56 Å². The number of nitrogens with two attached hydrogens (primary N) is 1. The molecule has 0 saturated carbocycles. The number of aryl methyl sites for hydroxylation is 2. The van der Waals surface area contributed by atoms with Gasteiger partial charge in [-0.15, -0.1) is 0 Å². The van der Waals surface area contributed by atoms with Gasteiger partial charge in [0.1, 0.15) is 11.7 Å². The third-order valence-corrected chi connectivity index (χ3v) is 4.48. The van der Waals surface area contributed by atoms with Crippen molar-refractivity contribution in [3.05, 3.63) is 22.9 Å². The monoisotopic (exact) mass is 289 g/mol. The van der Waals surface area contributed by atoms with Gasteiger partial charge in [-0.05, 0) is 44.9 Å². The molecule has 1 fully saturated rings. The van der Waals surface area contributed by atoms with Crippen LogP contribution in [0, 0.1) is 19.3 Å². The van der Waals surface area contributed by atoms with Crippen molar-refractivity contribution in [3.63, 3.8) is 0 Å². The summed E-state index contributed by atoms with van der Waals surface area (Å²) in [6, 6.07) is 2.47. The molecule has 1 aromatic rings. The largest absolute Gasteiger partial charge is 0.384 e. The first-order valence-electron chi connectivity index (χ1n) is 7.71. The van der Waals surface area contributed by atoms with E-state index in [-0.39, 0.29) is 5.84 Å². The Kier molecular flexibility index (Phi) is 4.83. The SMILES string of the molecule is CCN1CCC(N(C)c2nc(C)cc(C)c2C(=N)N)CC1. The number of aromatic nitrogens is 1. The topological polar surface area (TPSA) is 69.2 Å². The van der Waals surface area contributed by atoms with E-state index in [2.05, 4.69) is 28.8 Å². The second kappa shape index (κ2) is 6.43. The number of hydrogen-bond donors (Lipinski definition) is 2. The number of rotatable bonds is 4. The average Bonchev–Trinajstić information content (AvgIpc) is 2.45. The van der Waals surface area contributed by atoms with Crippen LogP contribution in [0.2, 0.25) is 0 Å². The molecule has 0 spiro atoms. The maximum atomic E-state index is 7.86. The Morgan fingerprint density at radius 1 is 1.43 bits per heavy atom. The third kappa shape index (κ3) is 3.35. The number of likely N-dealkylation sites (tertiary alicyclic amines) is 1. The predicted octanol–water partition coefficient (Wildman–Crippen LogP) is 1.90. The fourth-order valence-electron chi connectivity index (χ4n) is 3.20. The number of nitrogens with zero attached hydrogens (tertiary/aromatic N) is 3. The van der Waals surface area contributed by atoms with Crippen molar-refractivity contribution in [2.45, 2.75) is 39.7 Å². The summed E-state index contributed by atoms with van der Waals surface area (Å²) in [7, 11) is 2.08. The summed E-state index contributed by atoms with van der Waals surface area (Å²) in [6.45, 7) is 9.59. The second-order valence-electron chi connectivity index (χ2n) is 5.97. The van der Waals surface area contributed by atoms with Crippen LogP contribution in [0.25, 0.3) is 0 Å². The third-order valence-electron chi connectivity index (χ3n) is 4.48. The van der Waals surface area contributed by atoms with E-state index in [0.29, 0.717) is 6.04 Å². The molecule has 0 amide bonds. The van der Waals surface area contributed by atoms with Gasteiger partial charge in [-0.25, -0.2) is 4.98 Å². The van der Waals surface area contributed by atoms with Crippen LogP contribution in [0.4, 0.5) is 5.82 Å². The molecular weight excluding hydrogens is 262 g/mol. The van der Waals surface area contributed by atoms with Crippen LogP contribution in [-0.2, 0) is 0 Å². The van der Waals surface area contributed by atoms with E-state index in [0.717, 1.165) is 55.1 Å². The summed E-state index contributed by atoms with van der Waals surface area (Å²) in [6.07, 6.45) is 2.27. The van der Waals surface area contributed by atoms with Gasteiger partial charge in [0.15, 0.2) is 0 Å². The Bertz CT molecular complexity index is 518. The van der Waals surface area contributed by atoms with E-state index in [1.807, 2.05) is 19.9 Å². The first kappa shape index (κ1) is 15.8. The summed E-state index contributed by atoms with van der Waals surface area (Å²) in [5.41, 5.74) is 8.57. The van der Waals surface area contributed by atoms with Crippen LogP contribution in [0.3, 0.4) is 0 Å². The molecule has 3 N–H and O–H groups in total. The Labute approximate surface area is 127 Å². The van der Waals surface area contributed by atoms with Crippen molar-refractivity contribution in [2.75, 3.05) is 31.6 Å². The van der Waals surface area contributed by atoms with Gasteiger partial charge in [-0.3, -0.25) is 5.41 Å². The summed E-state index contributed by atoms with van der Waals surface area (Å²) >= 11 is 0. The minimum Gasteiger partial charge on any atom is -0.384 e. The van der Waals surface area contributed by atoms with Crippen LogP contribution < -0.4 is 10.6 Å². The van der Waals surface area contributed by atoms with Gasteiger partial charge in [-0.1, -0.05) is 6.92 Å². The Morgan fingerprint density at radius 2 is 2.05 bits per heavy atom. The molecule has 0 bridgehead atoms. The number of pyridine rings is 1. The number of hydrogen-bond acceptors (Lipinski definition) is 4. The smallest absolute Gasteiger partial charge is 0.140 e. The van der Waals surface area contributed by atoms with Crippen molar-refractivity contribution < 1.29 is 0 Å². The number of amidine groups is 1. The number of piperidine rings is 1. The minimum atomic E-state index is 0.104. The summed E-state index contributed by atoms with van der Waals surface area (Å²) in [4.78, 5) is 9.36. The minimum absolute atomic E-state index is 0.104. The van der Waals surface area contributed by atoms with Gasteiger partial charge in [-0.2, -0.15) is 0 Å². The molecule has 0 unspecified atom stereocenters. The predicted molar refractivity (Wildman–Crippen MR) is 88.3 cm³/mol. The zero-order valence-electron chi connectivity index (χ0n) is 13.6. The molecule has 21 heavy (non-hydrogen) atoms. The molecule has 116 valence electrons. The van der Waals surface area contributed by atoms with Gasteiger partial charge >= 0.3 is 0 Å². The standard InChI is InChI=1S/C16H27N5/c1-5-21-8-6-13(7-9-21)20(4)16-14(15(17)18)11(2)10-12(3)19-16/h10,13H,5-9H2,1-4H3,(H3,17,18). The van der Waals surface area contributed by atoms with Crippen LogP contribution in [-0.4, -0.2) is 48.4 Å². The molecule has 0 radical (unpaired) electrons. The first-order valence-corrected chi connectivity index (χ1v) is 7.71. The molecule has 1 aromatic heterocycles. The molecule has 1 aliphatic heterocycles. The molecule has 1 aliphatic rings. The number of anilines is 1. The molecule has 0 atom stereocenters. The fraction of sp³-hybridized carbons (Fsp3) is 0.625. The fourth-order valence-corrected chi connectivity index (χ4v) is 3.20. The summed E-state index contributed by atoms with van der Waals surface area (Å²) in [5, 5.41) is 7.86. The van der Waals surface area contributed by atoms with Crippen molar-refractivity contribution in [3.8, 4) is 0 Å². The lowest BCUT2D eigenvalue weighted by Crippen LogP contribution is -2.44. The molecular formula is C16H27N5. The van der Waals surface area contributed by atoms with Crippen LogP contribution in [0.5, 0.6) is 0 Å². The zero-order chi connectivity index (χ0) is 15.6. The quantitative estimate of drug-likeness (QED) is 0.656. The molecule has 0 aliphatic carbocycles. The van der Waals surface area contributed by atoms with E-state index in [9.17, 15) is 0 Å². The maximum Gasteiger partial charge on any atom is 0.140 e. The summed E-state index contributed by atoms with van der Waals surface area (Å²) < 4.78 is 0. The number of nitrogen functional groups attached to an aromatic ring is 1. The van der Waals surface area contributed by atoms with Crippen LogP contribution in [0.1, 0.15) is 36.6 Å². The van der Waals surface area contributed by atoms with Crippen LogP contribution in [0.15, 0.2) is 6.07 Å². The van der Waals surface area contributed by atoms with E-state index in [1.165, 1.54) is 0 Å². The Morgan fingerprint density at radius 3 is 2.57 bits per heavy atom. The van der Waals surface area contributed by atoms with E-state index < -0.39 is 0 Å². The molecule has 2 rings (SSSR count). The van der Waals surface area contributed by atoms with Crippen molar-refractivity contribution in [2.24, 2.45) is 5.73 Å². The second-order valence-corrected chi connectivity index (χ2v) is 5.97. The Balaban J connectivity index is 2.27. The van der Waals surface area contributed by atoms with Crippen molar-refractivity contribution >= 4 is 11.7 Å². The van der Waals surface area contributed by atoms with Crippen molar-refractivity contribution in [1.29, 1.82) is 5.41 Å². The molecule has 1 saturated heterocycles. The van der Waals surface area contributed by atoms with Gasteiger partial charge in [0, 0.05) is 31.9 Å². The van der Waals surface area contributed by atoms with E-state index in [4.69, 9.17) is 11.1 Å². The highest BCUT2D eigenvalue weighted by Crippen LogP contribution is 2.26. The highest BCUT2D eigenvalue weighted by atomic mass is 15.2. The Hall–Kier alpha value is -1.62. The normalized spacial score (nSPS) is 17.0. The molecule has 5 heteroatoms. The highest BCUT2D eigenvalue weighted by Gasteiger charge is 2.25. The molecule has 2 heterocycles.